The van der Waals surface area contributed by atoms with Crippen LogP contribution in [0.2, 0.25) is 0 Å². The summed E-state index contributed by atoms with van der Waals surface area (Å²) >= 11 is 0. The van der Waals surface area contributed by atoms with E-state index in [1.165, 1.54) is 44.1 Å². The van der Waals surface area contributed by atoms with Gasteiger partial charge in [-0.25, -0.2) is 0 Å². The van der Waals surface area contributed by atoms with Crippen LogP contribution in [0.4, 0.5) is 0 Å². The first-order valence-electron chi connectivity index (χ1n) is 9.79. The molecule has 4 aliphatic carbocycles. The third kappa shape index (κ3) is 2.50. The molecule has 130 valence electrons. The lowest BCUT2D eigenvalue weighted by atomic mass is 9.41. The van der Waals surface area contributed by atoms with Crippen molar-refractivity contribution in [2.45, 2.75) is 77.2 Å². The van der Waals surface area contributed by atoms with Gasteiger partial charge in [-0.2, -0.15) is 0 Å². The summed E-state index contributed by atoms with van der Waals surface area (Å²) in [5, 5.41) is 3.33. The van der Waals surface area contributed by atoms with Gasteiger partial charge in [0, 0.05) is 13.0 Å². The van der Waals surface area contributed by atoms with Gasteiger partial charge in [0.15, 0.2) is 0 Å². The van der Waals surface area contributed by atoms with E-state index in [1.807, 2.05) is 0 Å². The van der Waals surface area contributed by atoms with Crippen LogP contribution in [-0.2, 0) is 10.2 Å². The number of nitrogens with one attached hydrogen (secondary N) is 1. The molecule has 5 atom stereocenters. The highest BCUT2D eigenvalue weighted by Gasteiger charge is 2.60. The summed E-state index contributed by atoms with van der Waals surface area (Å²) in [6.45, 7) is 6.10. The molecule has 0 radical (unpaired) electrons. The van der Waals surface area contributed by atoms with E-state index >= 15 is 0 Å². The summed E-state index contributed by atoms with van der Waals surface area (Å²) in [5.74, 6) is 1.85. The van der Waals surface area contributed by atoms with Gasteiger partial charge in [-0.1, -0.05) is 36.8 Å². The number of carbonyl (C=O) groups excluding carboxylic acids is 1. The molecule has 4 aliphatic rings. The van der Waals surface area contributed by atoms with E-state index in [2.05, 4.69) is 43.4 Å². The fourth-order valence-corrected chi connectivity index (χ4v) is 6.92. The van der Waals surface area contributed by atoms with E-state index in [1.54, 1.807) is 12.5 Å². The fourth-order valence-electron chi connectivity index (χ4n) is 6.92. The van der Waals surface area contributed by atoms with Crippen LogP contribution in [-0.4, -0.2) is 11.9 Å². The molecule has 0 saturated heterocycles. The average Bonchev–Trinajstić information content (AvgIpc) is 2.51. The van der Waals surface area contributed by atoms with Crippen LogP contribution >= 0.6 is 0 Å². The second kappa shape index (κ2) is 5.61. The first-order valence-corrected chi connectivity index (χ1v) is 9.79. The van der Waals surface area contributed by atoms with Crippen molar-refractivity contribution < 1.29 is 4.79 Å². The second-order valence-corrected chi connectivity index (χ2v) is 9.13. The molecule has 0 aliphatic heterocycles. The monoisotopic (exact) mass is 325 g/mol. The Kier molecular flexibility index (Phi) is 3.78. The Balaban J connectivity index is 1.71. The molecule has 4 saturated carbocycles. The molecule has 5 rings (SSSR count). The third-order valence-corrected chi connectivity index (χ3v) is 7.30. The number of benzene rings is 1. The summed E-state index contributed by atoms with van der Waals surface area (Å²) in [7, 11) is 0. The zero-order valence-corrected chi connectivity index (χ0v) is 15.4. The van der Waals surface area contributed by atoms with Crippen LogP contribution < -0.4 is 5.32 Å². The van der Waals surface area contributed by atoms with Gasteiger partial charge >= 0.3 is 0 Å². The topological polar surface area (TPSA) is 29.1 Å². The SMILES string of the molecule is CCC(NC(C)=O)C12C[C@@H]3C[C@@H](CC(c4ccc(C)cc4)(C3)C1)C2. The lowest BCUT2D eigenvalue weighted by Gasteiger charge is -2.64. The molecule has 0 spiro atoms. The van der Waals surface area contributed by atoms with Crippen molar-refractivity contribution in [1.82, 2.24) is 5.32 Å². The minimum Gasteiger partial charge on any atom is -0.353 e. The smallest absolute Gasteiger partial charge is 0.217 e. The van der Waals surface area contributed by atoms with Crippen LogP contribution in [0.1, 0.15) is 69.9 Å². The van der Waals surface area contributed by atoms with Crippen LogP contribution in [0.5, 0.6) is 0 Å². The molecule has 1 N–H and O–H groups in total. The lowest BCUT2D eigenvalue weighted by Crippen LogP contribution is -2.61. The van der Waals surface area contributed by atoms with E-state index in [-0.39, 0.29) is 5.91 Å². The minimum atomic E-state index is 0.141. The Hall–Kier alpha value is -1.31. The molecule has 2 heteroatoms. The molecule has 1 aromatic carbocycles. The van der Waals surface area contributed by atoms with Crippen LogP contribution in [0.3, 0.4) is 0 Å². The summed E-state index contributed by atoms with van der Waals surface area (Å²) in [6, 6.07) is 9.69. The number of carbonyl (C=O) groups is 1. The highest BCUT2D eigenvalue weighted by atomic mass is 16.1. The molecule has 1 amide bonds. The molecule has 4 fully saturated rings. The van der Waals surface area contributed by atoms with E-state index in [0.29, 0.717) is 16.9 Å². The average molecular weight is 325 g/mol. The standard InChI is InChI=1S/C22H31NO/c1-4-20(23-16(3)24)22-12-17-9-18(13-22)11-21(10-17,14-22)19-7-5-15(2)6-8-19/h5-8,17-18,20H,4,9-14H2,1-3H3,(H,23,24)/t17-,18+,20?,21?,22?. The van der Waals surface area contributed by atoms with Crippen molar-refractivity contribution >= 4 is 5.91 Å². The van der Waals surface area contributed by atoms with Crippen molar-refractivity contribution in [2.24, 2.45) is 17.3 Å². The van der Waals surface area contributed by atoms with Gasteiger partial charge in [-0.3, -0.25) is 4.79 Å². The van der Waals surface area contributed by atoms with Crippen LogP contribution in [0.15, 0.2) is 24.3 Å². The summed E-state index contributed by atoms with van der Waals surface area (Å²) in [6.07, 6.45) is 9.14. The molecule has 1 aromatic rings. The zero-order valence-electron chi connectivity index (χ0n) is 15.4. The number of aryl methyl sites for hydroxylation is 1. The molecule has 2 nitrogen and oxygen atoms in total. The second-order valence-electron chi connectivity index (χ2n) is 9.13. The maximum absolute atomic E-state index is 11.8. The predicted octanol–water partition coefficient (Wildman–Crippen LogP) is 4.75. The number of rotatable bonds is 4. The molecule has 0 aromatic heterocycles. The summed E-state index contributed by atoms with van der Waals surface area (Å²) in [4.78, 5) is 11.8. The van der Waals surface area contributed by atoms with Gasteiger partial charge in [-0.05, 0) is 80.1 Å². The molecule has 3 unspecified atom stereocenters. The van der Waals surface area contributed by atoms with Crippen molar-refractivity contribution in [3.05, 3.63) is 35.4 Å². The Labute approximate surface area is 146 Å². The van der Waals surface area contributed by atoms with Crippen molar-refractivity contribution in [1.29, 1.82) is 0 Å². The molecular weight excluding hydrogens is 294 g/mol. The molecule has 0 heterocycles. The van der Waals surface area contributed by atoms with Crippen LogP contribution in [0, 0.1) is 24.2 Å². The Morgan fingerprint density at radius 2 is 1.79 bits per heavy atom. The van der Waals surface area contributed by atoms with Crippen molar-refractivity contribution in [3.8, 4) is 0 Å². The minimum absolute atomic E-state index is 0.141. The zero-order chi connectivity index (χ0) is 16.9. The Bertz CT molecular complexity index is 618. The van der Waals surface area contributed by atoms with Gasteiger partial charge in [0.1, 0.15) is 0 Å². The van der Waals surface area contributed by atoms with Crippen LogP contribution in [0.25, 0.3) is 0 Å². The van der Waals surface area contributed by atoms with Gasteiger partial charge in [0.2, 0.25) is 5.91 Å². The molecular formula is C22H31NO. The van der Waals surface area contributed by atoms with Gasteiger partial charge in [-0.15, -0.1) is 0 Å². The highest BCUT2D eigenvalue weighted by molar-refractivity contribution is 5.73. The van der Waals surface area contributed by atoms with Gasteiger partial charge in [0.25, 0.3) is 0 Å². The highest BCUT2D eigenvalue weighted by Crippen LogP contribution is 2.66. The maximum Gasteiger partial charge on any atom is 0.217 e. The van der Waals surface area contributed by atoms with Gasteiger partial charge in [0.05, 0.1) is 0 Å². The maximum atomic E-state index is 11.8. The normalized spacial score (nSPS) is 38.1. The number of hydrogen-bond acceptors (Lipinski definition) is 1. The van der Waals surface area contributed by atoms with E-state index in [0.717, 1.165) is 18.3 Å². The lowest BCUT2D eigenvalue weighted by molar-refractivity contribution is -0.126. The fraction of sp³-hybridized carbons (Fsp3) is 0.682. The Morgan fingerprint density at radius 3 is 2.33 bits per heavy atom. The van der Waals surface area contributed by atoms with Crippen molar-refractivity contribution in [2.75, 3.05) is 0 Å². The first kappa shape index (κ1) is 16.2. The van der Waals surface area contributed by atoms with E-state index in [4.69, 9.17) is 0 Å². The van der Waals surface area contributed by atoms with Crippen molar-refractivity contribution in [3.63, 3.8) is 0 Å². The third-order valence-electron chi connectivity index (χ3n) is 7.30. The summed E-state index contributed by atoms with van der Waals surface area (Å²) < 4.78 is 0. The quantitative estimate of drug-likeness (QED) is 0.850. The molecule has 4 bridgehead atoms. The Morgan fingerprint density at radius 1 is 1.17 bits per heavy atom. The molecule has 24 heavy (non-hydrogen) atoms. The van der Waals surface area contributed by atoms with E-state index in [9.17, 15) is 4.79 Å². The summed E-state index contributed by atoms with van der Waals surface area (Å²) in [5.41, 5.74) is 3.60. The predicted molar refractivity (Wildman–Crippen MR) is 97.9 cm³/mol. The largest absolute Gasteiger partial charge is 0.353 e. The van der Waals surface area contributed by atoms with Gasteiger partial charge < -0.3 is 5.32 Å². The first-order chi connectivity index (χ1) is 11.4. The number of hydrogen-bond donors (Lipinski definition) is 1. The number of amides is 1. The van der Waals surface area contributed by atoms with E-state index < -0.39 is 0 Å².